The van der Waals surface area contributed by atoms with Gasteiger partial charge in [-0.1, -0.05) is 40.5 Å². The van der Waals surface area contributed by atoms with Crippen LogP contribution < -0.4 is 10.1 Å². The highest BCUT2D eigenvalue weighted by Gasteiger charge is 2.23. The van der Waals surface area contributed by atoms with Crippen molar-refractivity contribution in [1.82, 2.24) is 14.7 Å². The summed E-state index contributed by atoms with van der Waals surface area (Å²) in [7, 11) is 1.60. The summed E-state index contributed by atoms with van der Waals surface area (Å²) in [4.78, 5) is 39.1. The summed E-state index contributed by atoms with van der Waals surface area (Å²) in [6.07, 6.45) is 2.73. The maximum Gasteiger partial charge on any atom is 0.306 e. The molecule has 1 heterocycles. The second-order valence-electron chi connectivity index (χ2n) is 9.65. The molecule has 0 unspecified atom stereocenters. The number of methoxy groups -OCH3 is 1. The molecule has 0 saturated heterocycles. The molecule has 0 saturated carbocycles. The van der Waals surface area contributed by atoms with Crippen molar-refractivity contribution >= 4 is 23.6 Å². The van der Waals surface area contributed by atoms with Crippen LogP contribution in [-0.4, -0.2) is 59.3 Å². The molecule has 1 aromatic carbocycles. The van der Waals surface area contributed by atoms with E-state index in [2.05, 4.69) is 33.0 Å². The van der Waals surface area contributed by atoms with Gasteiger partial charge in [0.15, 0.2) is 0 Å². The van der Waals surface area contributed by atoms with Crippen LogP contribution in [0.15, 0.2) is 30.3 Å². The topological polar surface area (TPSA) is 103 Å². The highest BCUT2D eigenvalue weighted by molar-refractivity contribution is 5.94. The van der Waals surface area contributed by atoms with E-state index in [4.69, 9.17) is 14.6 Å². The van der Waals surface area contributed by atoms with Crippen LogP contribution >= 0.6 is 0 Å². The van der Waals surface area contributed by atoms with Crippen LogP contribution in [0.1, 0.15) is 72.4 Å². The molecule has 36 heavy (non-hydrogen) atoms. The lowest BCUT2D eigenvalue weighted by molar-refractivity contribution is -0.145. The van der Waals surface area contributed by atoms with Crippen LogP contribution in [-0.2, 0) is 24.5 Å². The molecule has 1 aromatic heterocycles. The third kappa shape index (κ3) is 8.70. The van der Waals surface area contributed by atoms with Gasteiger partial charge in [0.05, 0.1) is 38.1 Å². The Kier molecular flexibility index (Phi) is 11.0. The van der Waals surface area contributed by atoms with Crippen LogP contribution in [0, 0.1) is 0 Å². The fraction of sp³-hybridized carbons (Fsp3) is 0.556. The van der Waals surface area contributed by atoms with E-state index in [1.165, 1.54) is 4.90 Å². The van der Waals surface area contributed by atoms with Gasteiger partial charge in [-0.25, -0.2) is 4.68 Å². The number of aromatic nitrogens is 2. The minimum Gasteiger partial charge on any atom is -0.497 e. The molecule has 0 bridgehead atoms. The van der Waals surface area contributed by atoms with E-state index >= 15 is 0 Å². The summed E-state index contributed by atoms with van der Waals surface area (Å²) in [6.45, 7) is 10.6. The van der Waals surface area contributed by atoms with Crippen LogP contribution in [0.4, 0.5) is 5.82 Å². The molecule has 198 valence electrons. The SMILES string of the molecule is CCCCCN(CC(=O)Nc1cc(C(C)(C)C)nn1-c1ccc(OC)cc1)C(=O)CCC(=O)OCC. The summed E-state index contributed by atoms with van der Waals surface area (Å²) >= 11 is 0. The first kappa shape index (κ1) is 28.9. The Morgan fingerprint density at radius 1 is 1.06 bits per heavy atom. The Morgan fingerprint density at radius 2 is 1.75 bits per heavy atom. The minimum atomic E-state index is -0.415. The predicted molar refractivity (Wildman–Crippen MR) is 139 cm³/mol. The first-order valence-electron chi connectivity index (χ1n) is 12.6. The summed E-state index contributed by atoms with van der Waals surface area (Å²) in [6, 6.07) is 9.24. The molecule has 0 fully saturated rings. The molecular weight excluding hydrogens is 460 g/mol. The number of amides is 2. The first-order chi connectivity index (χ1) is 17.1. The molecule has 0 radical (unpaired) electrons. The minimum absolute atomic E-state index is 0.00223. The molecule has 0 aliphatic rings. The average Bonchev–Trinajstić information content (AvgIpc) is 3.26. The zero-order valence-corrected chi connectivity index (χ0v) is 22.4. The Bertz CT molecular complexity index is 1010. The van der Waals surface area contributed by atoms with Crippen LogP contribution in [0.5, 0.6) is 5.75 Å². The van der Waals surface area contributed by atoms with Crippen LogP contribution in [0.2, 0.25) is 0 Å². The van der Waals surface area contributed by atoms with Crippen molar-refractivity contribution < 1.29 is 23.9 Å². The molecule has 0 spiro atoms. The van der Waals surface area contributed by atoms with Crippen molar-refractivity contribution in [2.45, 2.75) is 72.1 Å². The predicted octanol–water partition coefficient (Wildman–Crippen LogP) is 4.48. The molecule has 0 atom stereocenters. The molecule has 0 aliphatic carbocycles. The molecule has 2 aromatic rings. The van der Waals surface area contributed by atoms with Crippen molar-refractivity contribution in [2.75, 3.05) is 32.1 Å². The lowest BCUT2D eigenvalue weighted by Gasteiger charge is -2.22. The largest absolute Gasteiger partial charge is 0.497 e. The lowest BCUT2D eigenvalue weighted by Crippen LogP contribution is -2.39. The van der Waals surface area contributed by atoms with Gasteiger partial charge >= 0.3 is 5.97 Å². The zero-order chi connectivity index (χ0) is 26.7. The Morgan fingerprint density at radius 3 is 2.33 bits per heavy atom. The molecule has 2 amide bonds. The maximum atomic E-state index is 13.1. The van der Waals surface area contributed by atoms with Crippen molar-refractivity contribution in [3.05, 3.63) is 36.0 Å². The summed E-state index contributed by atoms with van der Waals surface area (Å²) in [5.41, 5.74) is 1.36. The molecule has 9 heteroatoms. The van der Waals surface area contributed by atoms with E-state index < -0.39 is 5.97 Å². The third-order valence-corrected chi connectivity index (χ3v) is 5.63. The van der Waals surface area contributed by atoms with Crippen molar-refractivity contribution in [3.8, 4) is 11.4 Å². The van der Waals surface area contributed by atoms with Crippen LogP contribution in [0.3, 0.4) is 0 Å². The second-order valence-corrected chi connectivity index (χ2v) is 9.65. The van der Waals surface area contributed by atoms with Gasteiger partial charge in [-0.15, -0.1) is 0 Å². The summed E-state index contributed by atoms with van der Waals surface area (Å²) in [5, 5.41) is 7.67. The Labute approximate surface area is 214 Å². The van der Waals surface area contributed by atoms with Gasteiger partial charge in [0.2, 0.25) is 11.8 Å². The summed E-state index contributed by atoms with van der Waals surface area (Å²) < 4.78 is 11.9. The van der Waals surface area contributed by atoms with Gasteiger partial charge in [0.25, 0.3) is 0 Å². The highest BCUT2D eigenvalue weighted by Crippen LogP contribution is 2.27. The third-order valence-electron chi connectivity index (χ3n) is 5.63. The normalized spacial score (nSPS) is 11.2. The second kappa shape index (κ2) is 13.7. The number of nitrogens with zero attached hydrogens (tertiary/aromatic N) is 3. The smallest absolute Gasteiger partial charge is 0.306 e. The van der Waals surface area contributed by atoms with E-state index in [-0.39, 0.29) is 43.2 Å². The van der Waals surface area contributed by atoms with Gasteiger partial charge < -0.3 is 19.7 Å². The number of hydrogen-bond acceptors (Lipinski definition) is 6. The number of anilines is 1. The number of benzene rings is 1. The van der Waals surface area contributed by atoms with Crippen molar-refractivity contribution in [1.29, 1.82) is 0 Å². The van der Waals surface area contributed by atoms with Crippen molar-refractivity contribution in [2.24, 2.45) is 0 Å². The number of carbonyl (C=O) groups excluding carboxylic acids is 3. The first-order valence-corrected chi connectivity index (χ1v) is 12.6. The maximum absolute atomic E-state index is 13.1. The fourth-order valence-electron chi connectivity index (χ4n) is 3.56. The quantitative estimate of drug-likeness (QED) is 0.321. The molecule has 0 aliphatic heterocycles. The van der Waals surface area contributed by atoms with E-state index in [1.54, 1.807) is 18.7 Å². The highest BCUT2D eigenvalue weighted by atomic mass is 16.5. The number of rotatable bonds is 13. The van der Waals surface area contributed by atoms with Crippen LogP contribution in [0.25, 0.3) is 5.69 Å². The van der Waals surface area contributed by atoms with Gasteiger partial charge in [-0.05, 0) is 37.6 Å². The van der Waals surface area contributed by atoms with Crippen molar-refractivity contribution in [3.63, 3.8) is 0 Å². The number of unbranched alkanes of at least 4 members (excludes halogenated alkanes) is 2. The standard InChI is InChI=1S/C27H40N4O5/c1-7-9-10-17-30(25(33)15-16-26(34)36-8-2)19-24(32)28-23-18-22(27(3,4)5)29-31(23)20-11-13-21(35-6)14-12-20/h11-14,18H,7-10,15-17,19H2,1-6H3,(H,28,32). The van der Waals surface area contributed by atoms with E-state index in [1.807, 2.05) is 30.3 Å². The molecule has 1 N–H and O–H groups in total. The number of carbonyl (C=O) groups is 3. The number of nitrogens with one attached hydrogen (secondary N) is 1. The lowest BCUT2D eigenvalue weighted by atomic mass is 9.92. The fourth-order valence-corrected chi connectivity index (χ4v) is 3.56. The average molecular weight is 501 g/mol. The van der Waals surface area contributed by atoms with Gasteiger partial charge in [-0.2, -0.15) is 5.10 Å². The summed E-state index contributed by atoms with van der Waals surface area (Å²) in [5.74, 6) is 0.250. The Hall–Kier alpha value is -3.36. The number of hydrogen-bond donors (Lipinski definition) is 1. The van der Waals surface area contributed by atoms with Gasteiger partial charge in [0, 0.05) is 24.4 Å². The number of esters is 1. The van der Waals surface area contributed by atoms with E-state index in [0.29, 0.717) is 12.4 Å². The van der Waals surface area contributed by atoms with E-state index in [0.717, 1.165) is 36.4 Å². The molecule has 9 nitrogen and oxygen atoms in total. The van der Waals surface area contributed by atoms with E-state index in [9.17, 15) is 14.4 Å². The van der Waals surface area contributed by atoms with Gasteiger partial charge in [0.1, 0.15) is 11.6 Å². The molecular formula is C27H40N4O5. The zero-order valence-electron chi connectivity index (χ0n) is 22.4. The Balaban J connectivity index is 2.21. The molecule has 2 rings (SSSR count). The number of ether oxygens (including phenoxy) is 2. The van der Waals surface area contributed by atoms with Gasteiger partial charge in [-0.3, -0.25) is 14.4 Å². The monoisotopic (exact) mass is 500 g/mol.